The van der Waals surface area contributed by atoms with Crippen LogP contribution in [0.5, 0.6) is 0 Å². The van der Waals surface area contributed by atoms with Gasteiger partial charge in [-0.3, -0.25) is 4.79 Å². The third kappa shape index (κ3) is 4.90. The first-order chi connectivity index (χ1) is 14.5. The van der Waals surface area contributed by atoms with Gasteiger partial charge in [0.2, 0.25) is 0 Å². The molecule has 10 heteroatoms. The summed E-state index contributed by atoms with van der Waals surface area (Å²) in [6, 6.07) is 3.23. The lowest BCUT2D eigenvalue weighted by atomic mass is 10.1. The molecule has 1 amide bonds. The van der Waals surface area contributed by atoms with Crippen LogP contribution in [-0.2, 0) is 4.74 Å². The van der Waals surface area contributed by atoms with Gasteiger partial charge >= 0.3 is 6.18 Å². The second kappa shape index (κ2) is 8.70. The third-order valence-electron chi connectivity index (χ3n) is 4.83. The molecule has 3 rings (SSSR count). The lowest BCUT2D eigenvalue weighted by molar-refractivity contribution is -0.141. The van der Waals surface area contributed by atoms with E-state index < -0.39 is 18.6 Å². The smallest absolute Gasteiger partial charge is 0.406 e. The van der Waals surface area contributed by atoms with Gasteiger partial charge in [-0.15, -0.1) is 0 Å². The SMILES string of the molecule is COCCN(CC(F)(F)F)C(=O)c1cc(-c2cc(C)oc2C)nc2c1cnn2C(C)C. The number of alkyl halides is 3. The zero-order valence-electron chi connectivity index (χ0n) is 18.1. The Bertz CT molecular complexity index is 1090. The Kier molecular flexibility index (Phi) is 6.40. The quantitative estimate of drug-likeness (QED) is 0.542. The predicted octanol–water partition coefficient (Wildman–Crippen LogP) is 4.54. The van der Waals surface area contributed by atoms with E-state index >= 15 is 0 Å². The molecule has 0 aliphatic heterocycles. The number of hydrogen-bond donors (Lipinski definition) is 0. The number of aromatic nitrogens is 3. The molecular weight excluding hydrogens is 413 g/mol. The molecule has 0 aromatic carbocycles. The fourth-order valence-corrected chi connectivity index (χ4v) is 3.44. The molecule has 0 fully saturated rings. The minimum absolute atomic E-state index is 0.0196. The van der Waals surface area contributed by atoms with Crippen molar-refractivity contribution in [2.75, 3.05) is 26.8 Å². The number of halogens is 3. The number of hydrogen-bond acceptors (Lipinski definition) is 5. The molecule has 0 aliphatic rings. The number of carbonyl (C=O) groups is 1. The average Bonchev–Trinajstić information content (AvgIpc) is 3.25. The molecule has 0 aliphatic carbocycles. The molecule has 168 valence electrons. The Hall–Kier alpha value is -2.88. The van der Waals surface area contributed by atoms with Crippen LogP contribution in [0.15, 0.2) is 22.7 Å². The zero-order chi connectivity index (χ0) is 22.9. The van der Waals surface area contributed by atoms with Gasteiger partial charge in [0.15, 0.2) is 5.65 Å². The number of pyridine rings is 1. The van der Waals surface area contributed by atoms with Crippen LogP contribution in [0.2, 0.25) is 0 Å². The fraction of sp³-hybridized carbons (Fsp3) is 0.476. The summed E-state index contributed by atoms with van der Waals surface area (Å²) < 4.78 is 51.6. The number of nitrogens with zero attached hydrogens (tertiary/aromatic N) is 4. The minimum atomic E-state index is -4.54. The highest BCUT2D eigenvalue weighted by Gasteiger charge is 2.34. The fourth-order valence-electron chi connectivity index (χ4n) is 3.44. The van der Waals surface area contributed by atoms with Crippen molar-refractivity contribution in [3.8, 4) is 11.3 Å². The Morgan fingerprint density at radius 1 is 1.29 bits per heavy atom. The second-order valence-corrected chi connectivity index (χ2v) is 7.64. The molecule has 31 heavy (non-hydrogen) atoms. The molecule has 0 unspecified atom stereocenters. The molecule has 0 atom stereocenters. The monoisotopic (exact) mass is 438 g/mol. The lowest BCUT2D eigenvalue weighted by Crippen LogP contribution is -2.41. The molecule has 7 nitrogen and oxygen atoms in total. The van der Waals surface area contributed by atoms with E-state index in [1.807, 2.05) is 13.8 Å². The van der Waals surface area contributed by atoms with Crippen LogP contribution in [-0.4, -0.2) is 58.6 Å². The van der Waals surface area contributed by atoms with Gasteiger partial charge in [0, 0.05) is 25.3 Å². The van der Waals surface area contributed by atoms with E-state index in [-0.39, 0.29) is 24.8 Å². The summed E-state index contributed by atoms with van der Waals surface area (Å²) >= 11 is 0. The summed E-state index contributed by atoms with van der Waals surface area (Å²) in [7, 11) is 1.37. The Labute approximate surface area is 177 Å². The van der Waals surface area contributed by atoms with Gasteiger partial charge in [-0.25, -0.2) is 9.67 Å². The number of amides is 1. The van der Waals surface area contributed by atoms with Crippen LogP contribution in [0.1, 0.15) is 41.8 Å². The average molecular weight is 438 g/mol. The van der Waals surface area contributed by atoms with Gasteiger partial charge in [0.25, 0.3) is 5.91 Å². The molecule has 0 radical (unpaired) electrons. The highest BCUT2D eigenvalue weighted by Crippen LogP contribution is 2.31. The van der Waals surface area contributed by atoms with E-state index in [0.717, 1.165) is 4.90 Å². The van der Waals surface area contributed by atoms with Gasteiger partial charge in [0.1, 0.15) is 18.1 Å². The highest BCUT2D eigenvalue weighted by molar-refractivity contribution is 6.06. The van der Waals surface area contributed by atoms with Crippen molar-refractivity contribution in [2.45, 2.75) is 39.9 Å². The molecular formula is C21H25F3N4O3. The van der Waals surface area contributed by atoms with Crippen molar-refractivity contribution in [1.82, 2.24) is 19.7 Å². The maximum atomic E-state index is 13.3. The van der Waals surface area contributed by atoms with E-state index in [4.69, 9.17) is 9.15 Å². The Morgan fingerprint density at radius 2 is 2.00 bits per heavy atom. The summed E-state index contributed by atoms with van der Waals surface area (Å²) in [5.74, 6) is 0.507. The van der Waals surface area contributed by atoms with Crippen LogP contribution < -0.4 is 0 Å². The summed E-state index contributed by atoms with van der Waals surface area (Å²) in [4.78, 5) is 18.7. The van der Waals surface area contributed by atoms with Crippen LogP contribution in [0.25, 0.3) is 22.3 Å². The summed E-state index contributed by atoms with van der Waals surface area (Å²) in [6.45, 7) is 5.77. The van der Waals surface area contributed by atoms with Gasteiger partial charge in [-0.2, -0.15) is 18.3 Å². The van der Waals surface area contributed by atoms with Gasteiger partial charge in [0.05, 0.1) is 29.4 Å². The Morgan fingerprint density at radius 3 is 2.55 bits per heavy atom. The minimum Gasteiger partial charge on any atom is -0.466 e. The standard InChI is InChI=1S/C21H25F3N4O3/c1-12(2)28-19-17(10-25-28)16(9-18(26-19)15-8-13(3)31-14(15)4)20(29)27(6-7-30-5)11-21(22,23)24/h8-10,12H,6-7,11H2,1-5H3. The maximum absolute atomic E-state index is 13.3. The Balaban J connectivity index is 2.19. The largest absolute Gasteiger partial charge is 0.466 e. The van der Waals surface area contributed by atoms with Crippen molar-refractivity contribution in [3.63, 3.8) is 0 Å². The highest BCUT2D eigenvalue weighted by atomic mass is 19.4. The number of rotatable bonds is 7. The van der Waals surface area contributed by atoms with E-state index in [0.29, 0.717) is 33.8 Å². The van der Waals surface area contributed by atoms with Crippen molar-refractivity contribution >= 4 is 16.9 Å². The molecule has 0 saturated heterocycles. The maximum Gasteiger partial charge on any atom is 0.406 e. The third-order valence-corrected chi connectivity index (χ3v) is 4.83. The van der Waals surface area contributed by atoms with E-state index in [1.54, 1.807) is 24.6 Å². The van der Waals surface area contributed by atoms with Gasteiger partial charge in [-0.1, -0.05) is 0 Å². The van der Waals surface area contributed by atoms with Gasteiger partial charge < -0.3 is 14.1 Å². The summed E-state index contributed by atoms with van der Waals surface area (Å²) in [5.41, 5.74) is 1.63. The molecule has 3 heterocycles. The number of furan rings is 1. The second-order valence-electron chi connectivity index (χ2n) is 7.64. The zero-order valence-corrected chi connectivity index (χ0v) is 18.1. The van der Waals surface area contributed by atoms with Crippen molar-refractivity contribution in [2.24, 2.45) is 0 Å². The van der Waals surface area contributed by atoms with Crippen LogP contribution in [0.4, 0.5) is 13.2 Å². The number of carbonyl (C=O) groups excluding carboxylic acids is 1. The van der Waals surface area contributed by atoms with Crippen LogP contribution in [0, 0.1) is 13.8 Å². The number of methoxy groups -OCH3 is 1. The van der Waals surface area contributed by atoms with Crippen molar-refractivity contribution in [3.05, 3.63) is 35.4 Å². The molecule has 0 N–H and O–H groups in total. The predicted molar refractivity (Wildman–Crippen MR) is 109 cm³/mol. The van der Waals surface area contributed by atoms with Crippen LogP contribution in [0.3, 0.4) is 0 Å². The van der Waals surface area contributed by atoms with Crippen molar-refractivity contribution in [1.29, 1.82) is 0 Å². The number of fused-ring (bicyclic) bond motifs is 1. The number of ether oxygens (including phenoxy) is 1. The molecule has 3 aromatic heterocycles. The van der Waals surface area contributed by atoms with Crippen molar-refractivity contribution < 1.29 is 27.1 Å². The first-order valence-corrected chi connectivity index (χ1v) is 9.82. The molecule has 0 spiro atoms. The topological polar surface area (TPSA) is 73.4 Å². The first-order valence-electron chi connectivity index (χ1n) is 9.82. The number of aryl methyl sites for hydroxylation is 2. The van der Waals surface area contributed by atoms with E-state index in [2.05, 4.69) is 10.1 Å². The summed E-state index contributed by atoms with van der Waals surface area (Å²) in [6.07, 6.45) is -3.08. The molecule has 3 aromatic rings. The van der Waals surface area contributed by atoms with E-state index in [1.165, 1.54) is 19.4 Å². The van der Waals surface area contributed by atoms with Gasteiger partial charge in [-0.05, 0) is 39.8 Å². The normalized spacial score (nSPS) is 12.2. The lowest BCUT2D eigenvalue weighted by Gasteiger charge is -2.24. The summed E-state index contributed by atoms with van der Waals surface area (Å²) in [5, 5.41) is 4.70. The molecule has 0 saturated carbocycles. The van der Waals surface area contributed by atoms with E-state index in [9.17, 15) is 18.0 Å². The first kappa shape index (κ1) is 22.8. The van der Waals surface area contributed by atoms with Crippen LogP contribution >= 0.6 is 0 Å². The molecule has 0 bridgehead atoms.